The molecule has 0 bridgehead atoms. The number of benzene rings is 5. The highest BCUT2D eigenvalue weighted by atomic mass is 35.5. The van der Waals surface area contributed by atoms with Gasteiger partial charge in [0.2, 0.25) is 0 Å². The predicted octanol–water partition coefficient (Wildman–Crippen LogP) is 9.49. The van der Waals surface area contributed by atoms with Crippen molar-refractivity contribution in [2.75, 3.05) is 23.3 Å². The van der Waals surface area contributed by atoms with Crippen molar-refractivity contribution in [3.8, 4) is 11.5 Å². The highest BCUT2D eigenvalue weighted by molar-refractivity contribution is 7.90. The van der Waals surface area contributed by atoms with Crippen LogP contribution in [0.4, 0.5) is 17.1 Å². The standard InChI is InChI=1S/C42H40ClN3O6S/c1-4-6-23-46(24-7-5-2)29-18-21-34-38(26-29)51-37-22-17-28(25-35(37)42(34)33-13-9-8-11-31(33)41(48)52-42)44-36-14-10-12-32(39(36)43)40(47)45-53(49,50)30-19-15-27(3)16-20-30/h8-22,25-26,44H,4-7,23-24H2,1-3H3,(H,45,47). The Labute approximate surface area is 315 Å². The number of anilines is 3. The van der Waals surface area contributed by atoms with Gasteiger partial charge in [0.25, 0.3) is 15.9 Å². The second kappa shape index (κ2) is 14.6. The second-order valence-electron chi connectivity index (χ2n) is 13.3. The molecule has 2 N–H and O–H groups in total. The van der Waals surface area contributed by atoms with Crippen LogP contribution in [-0.4, -0.2) is 33.4 Å². The molecule has 1 atom stereocenters. The Morgan fingerprint density at radius 1 is 0.811 bits per heavy atom. The number of hydrogen-bond donors (Lipinski definition) is 2. The van der Waals surface area contributed by atoms with Crippen LogP contribution in [0.2, 0.25) is 5.02 Å². The van der Waals surface area contributed by atoms with Crippen LogP contribution in [0.25, 0.3) is 0 Å². The summed E-state index contributed by atoms with van der Waals surface area (Å²) in [6.45, 7) is 8.07. The van der Waals surface area contributed by atoms with E-state index < -0.39 is 27.5 Å². The maximum Gasteiger partial charge on any atom is 0.340 e. The molecule has 11 heteroatoms. The van der Waals surface area contributed by atoms with Gasteiger partial charge in [0.05, 0.1) is 26.7 Å². The molecule has 53 heavy (non-hydrogen) atoms. The van der Waals surface area contributed by atoms with Crippen molar-refractivity contribution in [1.29, 1.82) is 0 Å². The van der Waals surface area contributed by atoms with E-state index >= 15 is 0 Å². The van der Waals surface area contributed by atoms with E-state index in [2.05, 4.69) is 34.9 Å². The van der Waals surface area contributed by atoms with Crippen molar-refractivity contribution < 1.29 is 27.5 Å². The van der Waals surface area contributed by atoms with E-state index in [1.807, 2.05) is 55.5 Å². The van der Waals surface area contributed by atoms with Crippen LogP contribution in [-0.2, 0) is 20.4 Å². The lowest BCUT2D eigenvalue weighted by atomic mass is 9.77. The fourth-order valence-corrected chi connectivity index (χ4v) is 8.14. The smallest absolute Gasteiger partial charge is 0.340 e. The minimum absolute atomic E-state index is 0.0269. The summed E-state index contributed by atoms with van der Waals surface area (Å²) in [4.78, 5) is 29.1. The normalized spacial score (nSPS) is 15.5. The Balaban J connectivity index is 1.25. The number of aryl methyl sites for hydroxylation is 1. The van der Waals surface area contributed by atoms with Crippen LogP contribution in [0.3, 0.4) is 0 Å². The maximum atomic E-state index is 13.5. The molecule has 5 aromatic carbocycles. The first kappa shape index (κ1) is 36.1. The molecule has 7 rings (SSSR count). The largest absolute Gasteiger partial charge is 0.456 e. The minimum atomic E-state index is -4.14. The van der Waals surface area contributed by atoms with Crippen LogP contribution >= 0.6 is 11.6 Å². The van der Waals surface area contributed by atoms with Crippen molar-refractivity contribution in [1.82, 2.24) is 4.72 Å². The third-order valence-corrected chi connectivity index (χ3v) is 11.5. The molecule has 2 aliphatic rings. The second-order valence-corrected chi connectivity index (χ2v) is 15.4. The Hall–Kier alpha value is -5.32. The highest BCUT2D eigenvalue weighted by Crippen LogP contribution is 2.57. The molecule has 2 heterocycles. The first-order chi connectivity index (χ1) is 25.6. The van der Waals surface area contributed by atoms with E-state index in [9.17, 15) is 18.0 Å². The zero-order valence-electron chi connectivity index (χ0n) is 29.7. The molecule has 0 aromatic heterocycles. The number of carbonyl (C=O) groups is 2. The summed E-state index contributed by atoms with van der Waals surface area (Å²) in [5.41, 5.74) is 4.06. The fourth-order valence-electron chi connectivity index (χ4n) is 6.92. The van der Waals surface area contributed by atoms with Gasteiger partial charge < -0.3 is 19.7 Å². The zero-order valence-corrected chi connectivity index (χ0v) is 31.3. The summed E-state index contributed by atoms with van der Waals surface area (Å²) in [6, 6.07) is 29.9. The molecule has 0 fully saturated rings. The number of esters is 1. The van der Waals surface area contributed by atoms with Gasteiger partial charge in [0, 0.05) is 47.2 Å². The number of nitrogens with zero attached hydrogens (tertiary/aromatic N) is 1. The summed E-state index contributed by atoms with van der Waals surface area (Å²) >= 11 is 6.75. The number of rotatable bonds is 12. The molecule has 0 saturated carbocycles. The monoisotopic (exact) mass is 749 g/mol. The molecular formula is C42H40ClN3O6S. The first-order valence-corrected chi connectivity index (χ1v) is 19.7. The Morgan fingerprint density at radius 2 is 1.55 bits per heavy atom. The van der Waals surface area contributed by atoms with Crippen LogP contribution in [0.1, 0.15) is 82.5 Å². The number of ether oxygens (including phenoxy) is 2. The SMILES string of the molecule is CCCCN(CCCC)c1ccc2c(c1)Oc1ccc(Nc3cccc(C(=O)NS(=O)(=O)c4ccc(C)cc4)c3Cl)cc1C21OC(=O)c2ccccc21. The van der Waals surface area contributed by atoms with E-state index in [1.54, 1.807) is 30.3 Å². The van der Waals surface area contributed by atoms with Crippen LogP contribution in [0.15, 0.2) is 108 Å². The third kappa shape index (κ3) is 6.73. The molecule has 0 radical (unpaired) electrons. The summed E-state index contributed by atoms with van der Waals surface area (Å²) in [5, 5.41) is 3.31. The molecule has 1 amide bonds. The van der Waals surface area contributed by atoms with E-state index in [-0.39, 0.29) is 15.5 Å². The van der Waals surface area contributed by atoms with E-state index in [0.29, 0.717) is 45.1 Å². The van der Waals surface area contributed by atoms with E-state index in [1.165, 1.54) is 18.2 Å². The number of fused-ring (bicyclic) bond motifs is 6. The topological polar surface area (TPSA) is 114 Å². The van der Waals surface area contributed by atoms with Crippen LogP contribution in [0.5, 0.6) is 11.5 Å². The number of nitrogens with one attached hydrogen (secondary N) is 2. The van der Waals surface area contributed by atoms with Crippen LogP contribution in [0, 0.1) is 6.92 Å². The van der Waals surface area contributed by atoms with Crippen molar-refractivity contribution in [3.63, 3.8) is 0 Å². The highest BCUT2D eigenvalue weighted by Gasteiger charge is 2.53. The van der Waals surface area contributed by atoms with Gasteiger partial charge >= 0.3 is 5.97 Å². The minimum Gasteiger partial charge on any atom is -0.456 e. The number of sulfonamides is 1. The maximum absolute atomic E-state index is 13.5. The summed E-state index contributed by atoms with van der Waals surface area (Å²) < 4.78 is 41.1. The molecule has 0 saturated heterocycles. The lowest BCUT2D eigenvalue weighted by Crippen LogP contribution is -2.33. The van der Waals surface area contributed by atoms with Gasteiger partial charge in [-0.3, -0.25) is 4.79 Å². The lowest BCUT2D eigenvalue weighted by Gasteiger charge is -2.37. The van der Waals surface area contributed by atoms with Gasteiger partial charge in [-0.05, 0) is 80.4 Å². The number of halogens is 1. The molecule has 272 valence electrons. The molecule has 1 unspecified atom stereocenters. The number of hydrogen-bond acceptors (Lipinski definition) is 8. The van der Waals surface area contributed by atoms with Crippen LogP contribution < -0.4 is 19.7 Å². The molecule has 5 aromatic rings. The fraction of sp³-hybridized carbons (Fsp3) is 0.238. The van der Waals surface area contributed by atoms with Gasteiger partial charge in [-0.15, -0.1) is 0 Å². The Bertz CT molecular complexity index is 2320. The van der Waals surface area contributed by atoms with Gasteiger partial charge in [-0.25, -0.2) is 17.9 Å². The molecular weight excluding hydrogens is 710 g/mol. The molecule has 2 aliphatic heterocycles. The van der Waals surface area contributed by atoms with E-state index in [4.69, 9.17) is 21.1 Å². The average Bonchev–Trinajstić information content (AvgIpc) is 3.45. The van der Waals surface area contributed by atoms with Crippen molar-refractivity contribution >= 4 is 50.6 Å². The summed E-state index contributed by atoms with van der Waals surface area (Å²) in [5.74, 6) is -0.165. The predicted molar refractivity (Wildman–Crippen MR) is 207 cm³/mol. The quantitative estimate of drug-likeness (QED) is 0.121. The number of unbranched alkanes of at least 4 members (excludes halogenated alkanes) is 2. The van der Waals surface area contributed by atoms with Gasteiger partial charge in [0.1, 0.15) is 11.5 Å². The Morgan fingerprint density at radius 3 is 2.28 bits per heavy atom. The van der Waals surface area contributed by atoms with Gasteiger partial charge in [-0.2, -0.15) is 0 Å². The third-order valence-electron chi connectivity index (χ3n) is 9.70. The lowest BCUT2D eigenvalue weighted by molar-refractivity contribution is 0.0224. The van der Waals surface area contributed by atoms with Crippen molar-refractivity contribution in [2.24, 2.45) is 0 Å². The van der Waals surface area contributed by atoms with Crippen molar-refractivity contribution in [3.05, 3.63) is 142 Å². The summed E-state index contributed by atoms with van der Waals surface area (Å²) in [6.07, 6.45) is 4.31. The van der Waals surface area contributed by atoms with Gasteiger partial charge in [0.15, 0.2) is 5.60 Å². The van der Waals surface area contributed by atoms with Gasteiger partial charge in [-0.1, -0.05) is 80.3 Å². The average molecular weight is 750 g/mol. The molecule has 0 aliphatic carbocycles. The number of amides is 1. The molecule has 9 nitrogen and oxygen atoms in total. The van der Waals surface area contributed by atoms with Crippen molar-refractivity contribution in [2.45, 2.75) is 57.0 Å². The first-order valence-electron chi connectivity index (χ1n) is 17.8. The molecule has 1 spiro atoms. The summed E-state index contributed by atoms with van der Waals surface area (Å²) in [7, 11) is -4.14. The number of carbonyl (C=O) groups excluding carboxylic acids is 2. The zero-order chi connectivity index (χ0) is 37.3. The van der Waals surface area contributed by atoms with E-state index in [0.717, 1.165) is 50.0 Å². The Kier molecular flexibility index (Phi) is 9.93.